The minimum absolute atomic E-state index is 0.0276. The van der Waals surface area contributed by atoms with Gasteiger partial charge < -0.3 is 33.5 Å². The molecule has 186 valence electrons. The maximum Gasteiger partial charge on any atom is 0.339 e. The van der Waals surface area contributed by atoms with Crippen LogP contribution in [0.2, 0.25) is 0 Å². The maximum absolute atomic E-state index is 12.4. The summed E-state index contributed by atoms with van der Waals surface area (Å²) in [5, 5.41) is 20.7. The van der Waals surface area contributed by atoms with Crippen LogP contribution in [-0.2, 0) is 49.5 Å². The molecule has 0 aromatic heterocycles. The Morgan fingerprint density at radius 1 is 1.00 bits per heavy atom. The van der Waals surface area contributed by atoms with Crippen LogP contribution in [0.3, 0.4) is 0 Å². The van der Waals surface area contributed by atoms with E-state index in [9.17, 15) is 34.4 Å². The van der Waals surface area contributed by atoms with E-state index in [-0.39, 0.29) is 17.0 Å². The molecule has 5 atom stereocenters. The molecule has 0 spiro atoms. The molecule has 34 heavy (non-hydrogen) atoms. The summed E-state index contributed by atoms with van der Waals surface area (Å²) in [6, 6.07) is 3.28. The van der Waals surface area contributed by atoms with Crippen LogP contribution in [0, 0.1) is 10.1 Å². The van der Waals surface area contributed by atoms with E-state index in [4.69, 9.17) is 23.7 Å². The first-order valence-electron chi connectivity index (χ1n) is 9.78. The first-order chi connectivity index (χ1) is 16.0. The van der Waals surface area contributed by atoms with E-state index in [1.54, 1.807) is 0 Å². The van der Waals surface area contributed by atoms with Gasteiger partial charge in [0.2, 0.25) is 12.4 Å². The molecule has 1 aliphatic heterocycles. The van der Waals surface area contributed by atoms with Gasteiger partial charge in [-0.15, -0.1) is 0 Å². The molecule has 1 N–H and O–H groups in total. The lowest BCUT2D eigenvalue weighted by Crippen LogP contribution is -2.64. The van der Waals surface area contributed by atoms with Gasteiger partial charge in [0.05, 0.1) is 18.6 Å². The molecule has 0 amide bonds. The predicted octanol–water partition coefficient (Wildman–Crippen LogP) is 0.159. The highest BCUT2D eigenvalue weighted by molar-refractivity contribution is 5.77. The van der Waals surface area contributed by atoms with Crippen molar-refractivity contribution < 1.29 is 57.6 Å². The molecular formula is C20H23NO13. The Morgan fingerprint density at radius 3 is 2.06 bits per heavy atom. The molecule has 0 aliphatic carbocycles. The van der Waals surface area contributed by atoms with Gasteiger partial charge in [-0.2, -0.15) is 0 Å². The number of nitro benzene ring substituents is 1. The Kier molecular flexibility index (Phi) is 8.86. The highest BCUT2D eigenvalue weighted by Crippen LogP contribution is 2.33. The van der Waals surface area contributed by atoms with Crippen LogP contribution in [0.25, 0.3) is 0 Å². The Hall–Kier alpha value is -3.78. The lowest BCUT2D eigenvalue weighted by atomic mass is 9.97. The average molecular weight is 485 g/mol. The van der Waals surface area contributed by atoms with Crippen molar-refractivity contribution >= 4 is 29.6 Å². The highest BCUT2D eigenvalue weighted by Gasteiger charge is 2.55. The van der Waals surface area contributed by atoms with Gasteiger partial charge in [0.25, 0.3) is 5.69 Å². The molecule has 1 aliphatic rings. The molecule has 1 saturated heterocycles. The molecule has 0 unspecified atom stereocenters. The first-order valence-corrected chi connectivity index (χ1v) is 9.78. The fourth-order valence-corrected chi connectivity index (χ4v) is 3.22. The second kappa shape index (κ2) is 11.4. The molecule has 14 nitrogen and oxygen atoms in total. The minimum atomic E-state index is -1.68. The van der Waals surface area contributed by atoms with E-state index in [0.717, 1.165) is 46.1 Å². The number of aliphatic hydroxyl groups excluding tert-OH is 1. The first kappa shape index (κ1) is 26.5. The number of carbonyl (C=O) groups is 4. The zero-order chi connectivity index (χ0) is 25.6. The second-order valence-electron chi connectivity index (χ2n) is 7.00. The fourth-order valence-electron chi connectivity index (χ4n) is 3.22. The number of esters is 4. The summed E-state index contributed by atoms with van der Waals surface area (Å²) < 4.78 is 31.5. The van der Waals surface area contributed by atoms with Gasteiger partial charge in [0, 0.05) is 38.5 Å². The number of nitro groups is 1. The normalized spacial score (nSPS) is 23.9. The summed E-state index contributed by atoms with van der Waals surface area (Å²) in [7, 11) is 1.03. The summed E-state index contributed by atoms with van der Waals surface area (Å²) in [4.78, 5) is 58.0. The van der Waals surface area contributed by atoms with Gasteiger partial charge in [-0.05, 0) is 6.07 Å². The lowest BCUT2D eigenvalue weighted by molar-refractivity contribution is -0.385. The van der Waals surface area contributed by atoms with Crippen LogP contribution in [0.15, 0.2) is 18.2 Å². The van der Waals surface area contributed by atoms with Crippen LogP contribution in [0.1, 0.15) is 26.3 Å². The Morgan fingerprint density at radius 2 is 1.56 bits per heavy atom. The van der Waals surface area contributed by atoms with Crippen LogP contribution >= 0.6 is 0 Å². The molecule has 0 radical (unpaired) electrons. The van der Waals surface area contributed by atoms with Crippen molar-refractivity contribution in [2.75, 3.05) is 7.11 Å². The van der Waals surface area contributed by atoms with E-state index in [0.29, 0.717) is 0 Å². The Balaban J connectivity index is 2.56. The molecule has 14 heteroatoms. The summed E-state index contributed by atoms with van der Waals surface area (Å²) >= 11 is 0. The number of aliphatic hydroxyl groups is 1. The number of hydrogen-bond acceptors (Lipinski definition) is 13. The van der Waals surface area contributed by atoms with Gasteiger partial charge in [0.15, 0.2) is 18.3 Å². The second-order valence-corrected chi connectivity index (χ2v) is 7.00. The van der Waals surface area contributed by atoms with Crippen LogP contribution < -0.4 is 4.74 Å². The van der Waals surface area contributed by atoms with Crippen molar-refractivity contribution in [3.8, 4) is 5.75 Å². The van der Waals surface area contributed by atoms with E-state index in [1.807, 2.05) is 0 Å². The van der Waals surface area contributed by atoms with Gasteiger partial charge >= 0.3 is 23.9 Å². The molecule has 0 saturated carbocycles. The van der Waals surface area contributed by atoms with E-state index >= 15 is 0 Å². The van der Waals surface area contributed by atoms with E-state index in [1.165, 1.54) is 0 Å². The highest BCUT2D eigenvalue weighted by atomic mass is 16.7. The third-order valence-electron chi connectivity index (χ3n) is 4.50. The van der Waals surface area contributed by atoms with Gasteiger partial charge in [-0.3, -0.25) is 24.5 Å². The molecule has 2 rings (SSSR count). The number of methoxy groups -OCH3 is 1. The van der Waals surface area contributed by atoms with E-state index in [2.05, 4.69) is 4.74 Å². The van der Waals surface area contributed by atoms with Gasteiger partial charge in [-0.25, -0.2) is 4.79 Å². The fraction of sp³-hybridized carbons (Fsp3) is 0.500. The standard InChI is InChI=1S/C20H23NO13/c1-9(23)30-15-16(31-10(2)24)18(32-11(3)25)20(34-17(15)19(26)29-4)33-14-6-5-13(21(27)28)7-12(14)8-22/h5-7,15-18,20,22H,8H2,1-4H3/t15-,16-,17-,18+,20-/m0/s1. The Bertz CT molecular complexity index is 962. The Labute approximate surface area is 192 Å². The summed E-state index contributed by atoms with van der Waals surface area (Å²) in [5.41, 5.74) is -0.363. The number of rotatable bonds is 8. The molecular weight excluding hydrogens is 462 g/mol. The van der Waals surface area contributed by atoms with Crippen LogP contribution in [0.4, 0.5) is 5.69 Å². The third kappa shape index (κ3) is 6.39. The van der Waals surface area contributed by atoms with Crippen molar-refractivity contribution in [1.29, 1.82) is 0 Å². The summed E-state index contributed by atoms with van der Waals surface area (Å²) in [6.45, 7) is 2.44. The molecule has 0 bridgehead atoms. The molecule has 1 aromatic carbocycles. The SMILES string of the molecule is COC(=O)[C@H]1O[C@H](Oc2ccc([N+](=O)[O-])cc2CO)[C@H](OC(C)=O)[C@@H](OC(C)=O)[C@@H]1OC(C)=O. The van der Waals surface area contributed by atoms with Gasteiger partial charge in [-0.1, -0.05) is 0 Å². The minimum Gasteiger partial charge on any atom is -0.467 e. The molecule has 1 aromatic rings. The van der Waals surface area contributed by atoms with Crippen molar-refractivity contribution in [3.05, 3.63) is 33.9 Å². The van der Waals surface area contributed by atoms with Crippen molar-refractivity contribution in [2.45, 2.75) is 58.1 Å². The smallest absolute Gasteiger partial charge is 0.339 e. The summed E-state index contributed by atoms with van der Waals surface area (Å²) in [5.74, 6) is -3.73. The van der Waals surface area contributed by atoms with Gasteiger partial charge in [0.1, 0.15) is 5.75 Å². The topological polar surface area (TPSA) is 187 Å². The monoisotopic (exact) mass is 485 g/mol. The van der Waals surface area contributed by atoms with Crippen LogP contribution in [0.5, 0.6) is 5.75 Å². The molecule has 1 heterocycles. The van der Waals surface area contributed by atoms with E-state index < -0.39 is 66.1 Å². The lowest BCUT2D eigenvalue weighted by Gasteiger charge is -2.43. The van der Waals surface area contributed by atoms with Crippen molar-refractivity contribution in [3.63, 3.8) is 0 Å². The zero-order valence-electron chi connectivity index (χ0n) is 18.6. The van der Waals surface area contributed by atoms with Crippen LogP contribution in [-0.4, -0.2) is 71.7 Å². The van der Waals surface area contributed by atoms with Crippen molar-refractivity contribution in [2.24, 2.45) is 0 Å². The number of benzene rings is 1. The largest absolute Gasteiger partial charge is 0.467 e. The number of non-ortho nitro benzene ring substituents is 1. The third-order valence-corrected chi connectivity index (χ3v) is 4.50. The average Bonchev–Trinajstić information content (AvgIpc) is 2.76. The summed E-state index contributed by atoms with van der Waals surface area (Å²) in [6.07, 6.45) is -8.04. The number of carbonyl (C=O) groups excluding carboxylic acids is 4. The molecule has 1 fully saturated rings. The maximum atomic E-state index is 12.4. The predicted molar refractivity (Wildman–Crippen MR) is 107 cm³/mol. The quantitative estimate of drug-likeness (QED) is 0.227. The van der Waals surface area contributed by atoms with Crippen molar-refractivity contribution in [1.82, 2.24) is 0 Å². The number of nitrogens with zero attached hydrogens (tertiary/aromatic N) is 1. The zero-order valence-corrected chi connectivity index (χ0v) is 18.6. The number of hydrogen-bond donors (Lipinski definition) is 1. The number of ether oxygens (including phenoxy) is 6.